The van der Waals surface area contributed by atoms with E-state index in [2.05, 4.69) is 0 Å². The number of carbonyl (C=O) groups excluding carboxylic acids is 2. The van der Waals surface area contributed by atoms with E-state index in [1.165, 1.54) is 6.92 Å². The summed E-state index contributed by atoms with van der Waals surface area (Å²) >= 11 is 0. The second kappa shape index (κ2) is 3.94. The minimum absolute atomic E-state index is 0.0214. The van der Waals surface area contributed by atoms with Gasteiger partial charge in [0.05, 0.1) is 13.9 Å². The van der Waals surface area contributed by atoms with Gasteiger partial charge in [-0.3, -0.25) is 9.59 Å². The predicted molar refractivity (Wildman–Crippen MR) is 50.6 cm³/mol. The Balaban J connectivity index is 2.71. The molecule has 0 bridgehead atoms. The molecule has 0 aromatic rings. The fraction of sp³-hybridized carbons (Fsp3) is 0.778. The second-order valence-corrected chi connectivity index (χ2v) is 3.52. The van der Waals surface area contributed by atoms with Crippen molar-refractivity contribution in [3.05, 3.63) is 0 Å². The number of carbonyl (C=O) groups is 2. The van der Waals surface area contributed by atoms with Gasteiger partial charge in [0.1, 0.15) is 0 Å². The van der Waals surface area contributed by atoms with Gasteiger partial charge in [0.15, 0.2) is 5.78 Å². The molecule has 0 saturated carbocycles. The van der Waals surface area contributed by atoms with Crippen LogP contribution in [0.5, 0.6) is 0 Å². The second-order valence-electron chi connectivity index (χ2n) is 3.52. The van der Waals surface area contributed by atoms with Crippen LogP contribution in [0.15, 0.2) is 0 Å². The smallest absolute Gasteiger partial charge is 0.222 e. The Labute approximate surface area is 79.9 Å². The number of likely N-dealkylation sites (tertiary alicyclic amines) is 1. The lowest BCUT2D eigenvalue weighted by atomic mass is 9.85. The Bertz CT molecular complexity index is 230. The summed E-state index contributed by atoms with van der Waals surface area (Å²) < 4.78 is 0. The highest BCUT2D eigenvalue weighted by Crippen LogP contribution is 2.26. The van der Waals surface area contributed by atoms with E-state index in [1.54, 1.807) is 11.8 Å². The van der Waals surface area contributed by atoms with Crippen molar-refractivity contribution in [2.45, 2.75) is 38.5 Å². The van der Waals surface area contributed by atoms with Crippen LogP contribution in [-0.2, 0) is 9.59 Å². The maximum atomic E-state index is 11.4. The monoisotopic (exact) mass is 179 g/mol. The van der Waals surface area contributed by atoms with Crippen molar-refractivity contribution >= 4 is 19.5 Å². The normalized spacial score (nSPS) is 27.7. The molecule has 1 rings (SSSR count). The first-order valence-electron chi connectivity index (χ1n) is 4.61. The van der Waals surface area contributed by atoms with E-state index in [4.69, 9.17) is 7.85 Å². The van der Waals surface area contributed by atoms with Crippen LogP contribution in [0.25, 0.3) is 0 Å². The molecule has 1 aliphatic heterocycles. The quantitative estimate of drug-likeness (QED) is 0.580. The summed E-state index contributed by atoms with van der Waals surface area (Å²) in [6, 6.07) is -0.276. The van der Waals surface area contributed by atoms with Gasteiger partial charge >= 0.3 is 0 Å². The summed E-state index contributed by atoms with van der Waals surface area (Å²) in [5, 5.41) is 0. The van der Waals surface area contributed by atoms with Gasteiger partial charge in [-0.2, -0.15) is 0 Å². The molecule has 13 heavy (non-hydrogen) atoms. The average Bonchev–Trinajstić information content (AvgIpc) is 2.46. The Morgan fingerprint density at radius 1 is 1.54 bits per heavy atom. The molecule has 1 fully saturated rings. The summed E-state index contributed by atoms with van der Waals surface area (Å²) in [6.45, 7) is 3.83. The molecule has 0 spiro atoms. The molecule has 2 atom stereocenters. The maximum absolute atomic E-state index is 11.4. The lowest BCUT2D eigenvalue weighted by Gasteiger charge is -2.21. The van der Waals surface area contributed by atoms with Crippen LogP contribution in [0.4, 0.5) is 0 Å². The molecule has 0 N–H and O–H groups in total. The van der Waals surface area contributed by atoms with Crippen molar-refractivity contribution in [1.29, 1.82) is 0 Å². The van der Waals surface area contributed by atoms with Crippen LogP contribution in [0.2, 0.25) is 5.82 Å². The van der Waals surface area contributed by atoms with E-state index < -0.39 is 0 Å². The van der Waals surface area contributed by atoms with Crippen molar-refractivity contribution in [3.8, 4) is 0 Å². The van der Waals surface area contributed by atoms with E-state index >= 15 is 0 Å². The van der Waals surface area contributed by atoms with Crippen LogP contribution >= 0.6 is 0 Å². The molecule has 4 heteroatoms. The van der Waals surface area contributed by atoms with E-state index in [-0.39, 0.29) is 23.5 Å². The maximum Gasteiger partial charge on any atom is 0.222 e. The third-order valence-electron chi connectivity index (χ3n) is 2.43. The van der Waals surface area contributed by atoms with Crippen LogP contribution < -0.4 is 0 Å². The minimum atomic E-state index is -0.276. The largest absolute Gasteiger partial charge is 0.333 e. The number of Topliss-reactive ketones (excluding diaryl/α,β-unsaturated/α-hetero) is 1. The van der Waals surface area contributed by atoms with Gasteiger partial charge < -0.3 is 4.90 Å². The Morgan fingerprint density at radius 3 is 2.62 bits per heavy atom. The molecule has 2 radical (unpaired) electrons. The molecule has 1 saturated heterocycles. The van der Waals surface area contributed by atoms with Crippen molar-refractivity contribution in [1.82, 2.24) is 4.90 Å². The zero-order valence-electron chi connectivity index (χ0n) is 8.12. The first-order valence-corrected chi connectivity index (χ1v) is 4.61. The standard InChI is InChI=1S/C9H14BNO2/c1-3-9(13)11-5-7(10)4-8(11)6(2)12/h7-8H,3-5H2,1-2H3/t7-,8-/m1/s1. The van der Waals surface area contributed by atoms with Crippen LogP contribution in [0, 0.1) is 0 Å². The van der Waals surface area contributed by atoms with E-state index in [1.807, 2.05) is 0 Å². The molecule has 1 aliphatic rings. The number of hydrogen-bond donors (Lipinski definition) is 0. The highest BCUT2D eigenvalue weighted by atomic mass is 16.2. The Morgan fingerprint density at radius 2 is 2.15 bits per heavy atom. The van der Waals surface area contributed by atoms with Gasteiger partial charge in [-0.15, -0.1) is 0 Å². The van der Waals surface area contributed by atoms with E-state index in [9.17, 15) is 9.59 Å². The van der Waals surface area contributed by atoms with Crippen molar-refractivity contribution in [2.75, 3.05) is 6.54 Å². The SMILES string of the molecule is [B][C@@H]1C[C@H](C(C)=O)N(C(=O)CC)C1. The van der Waals surface area contributed by atoms with Crippen molar-refractivity contribution in [3.63, 3.8) is 0 Å². The predicted octanol–water partition coefficient (Wildman–Crippen LogP) is 0.543. The summed E-state index contributed by atoms with van der Waals surface area (Å²) in [6.07, 6.45) is 1.05. The molecule has 1 heterocycles. The van der Waals surface area contributed by atoms with E-state index in [0.717, 1.165) is 0 Å². The number of rotatable bonds is 2. The molecule has 1 amide bonds. The fourth-order valence-corrected chi connectivity index (χ4v) is 1.73. The molecule has 0 aliphatic carbocycles. The summed E-state index contributed by atoms with van der Waals surface area (Å²) in [7, 11) is 5.70. The highest BCUT2D eigenvalue weighted by Gasteiger charge is 2.34. The summed E-state index contributed by atoms with van der Waals surface area (Å²) in [5.74, 6) is 0.0206. The lowest BCUT2D eigenvalue weighted by Crippen LogP contribution is -2.39. The van der Waals surface area contributed by atoms with Gasteiger partial charge in [0.2, 0.25) is 5.91 Å². The number of hydrogen-bond acceptors (Lipinski definition) is 2. The number of ketones is 1. The van der Waals surface area contributed by atoms with Crippen molar-refractivity contribution in [2.24, 2.45) is 0 Å². The molecular formula is C9H14BNO2. The fourth-order valence-electron chi connectivity index (χ4n) is 1.73. The van der Waals surface area contributed by atoms with Crippen LogP contribution in [0.1, 0.15) is 26.7 Å². The number of nitrogens with zero attached hydrogens (tertiary/aromatic N) is 1. The summed E-state index contributed by atoms with van der Waals surface area (Å²) in [4.78, 5) is 24.2. The van der Waals surface area contributed by atoms with Gasteiger partial charge in [-0.1, -0.05) is 12.7 Å². The first-order chi connectivity index (χ1) is 6.06. The molecular weight excluding hydrogens is 165 g/mol. The van der Waals surface area contributed by atoms with Gasteiger partial charge in [0.25, 0.3) is 0 Å². The molecule has 0 unspecified atom stereocenters. The minimum Gasteiger partial charge on any atom is -0.333 e. The number of amides is 1. The topological polar surface area (TPSA) is 37.4 Å². The zero-order chi connectivity index (χ0) is 10.0. The summed E-state index contributed by atoms with van der Waals surface area (Å²) in [5.41, 5.74) is 0. The Hall–Kier alpha value is -0.795. The first kappa shape index (κ1) is 10.3. The average molecular weight is 179 g/mol. The van der Waals surface area contributed by atoms with Gasteiger partial charge in [0, 0.05) is 13.0 Å². The lowest BCUT2D eigenvalue weighted by molar-refractivity contribution is -0.136. The van der Waals surface area contributed by atoms with Crippen molar-refractivity contribution < 1.29 is 9.59 Å². The van der Waals surface area contributed by atoms with Crippen LogP contribution in [-0.4, -0.2) is 37.0 Å². The Kier molecular flexibility index (Phi) is 3.12. The third-order valence-corrected chi connectivity index (χ3v) is 2.43. The molecule has 0 aromatic carbocycles. The molecule has 70 valence electrons. The van der Waals surface area contributed by atoms with E-state index in [0.29, 0.717) is 19.4 Å². The van der Waals surface area contributed by atoms with Gasteiger partial charge in [-0.25, -0.2) is 0 Å². The zero-order valence-corrected chi connectivity index (χ0v) is 8.12. The van der Waals surface area contributed by atoms with Crippen LogP contribution in [0.3, 0.4) is 0 Å². The molecule has 0 aromatic heterocycles. The third kappa shape index (κ3) is 2.11. The van der Waals surface area contributed by atoms with Gasteiger partial charge in [-0.05, 0) is 13.3 Å². The molecule has 3 nitrogen and oxygen atoms in total. The highest BCUT2D eigenvalue weighted by molar-refractivity contribution is 6.12.